The highest BCUT2D eigenvalue weighted by Gasteiger charge is 2.15. The van der Waals surface area contributed by atoms with Crippen molar-refractivity contribution in [2.75, 3.05) is 0 Å². The predicted octanol–water partition coefficient (Wildman–Crippen LogP) is 3.91. The smallest absolute Gasteiger partial charge is 0.247 e. The van der Waals surface area contributed by atoms with E-state index in [1.807, 2.05) is 24.3 Å². The molecule has 0 bridgehead atoms. The molecule has 0 aliphatic carbocycles. The number of carbonyl (C=O) groups excluding carboxylic acids is 1. The predicted molar refractivity (Wildman–Crippen MR) is 72.8 cm³/mol. The summed E-state index contributed by atoms with van der Waals surface area (Å²) in [6.07, 6.45) is 0.742. The second-order valence-corrected chi connectivity index (χ2v) is 4.16. The number of carbonyl (C=O) groups is 1. The number of rotatable bonds is 3. The molecule has 0 spiro atoms. The van der Waals surface area contributed by atoms with E-state index in [2.05, 4.69) is 0 Å². The van der Waals surface area contributed by atoms with Crippen LogP contribution in [0.25, 0.3) is 11.0 Å². The van der Waals surface area contributed by atoms with Gasteiger partial charge in [0.1, 0.15) is 23.7 Å². The Kier molecular flexibility index (Phi) is 2.94. The number of fused-ring (bicyclic) bond motifs is 1. The van der Waals surface area contributed by atoms with Crippen LogP contribution in [0.4, 0.5) is 0 Å². The van der Waals surface area contributed by atoms with E-state index in [4.69, 9.17) is 14.4 Å². The van der Waals surface area contributed by atoms with Crippen molar-refractivity contribution in [3.8, 4) is 17.6 Å². The van der Waals surface area contributed by atoms with E-state index in [1.54, 1.807) is 30.3 Å². The molecule has 0 atom stereocenters. The quantitative estimate of drug-likeness (QED) is 0.672. The lowest BCUT2D eigenvalue weighted by atomic mass is 10.2. The minimum absolute atomic E-state index is 0.114. The van der Waals surface area contributed by atoms with Crippen LogP contribution < -0.4 is 4.74 Å². The van der Waals surface area contributed by atoms with Crippen LogP contribution in [0, 0.1) is 11.3 Å². The fourth-order valence-electron chi connectivity index (χ4n) is 1.97. The minimum atomic E-state index is 0.114. The van der Waals surface area contributed by atoms with Gasteiger partial charge in [-0.15, -0.1) is 0 Å². The molecule has 96 valence electrons. The van der Waals surface area contributed by atoms with Gasteiger partial charge in [0.25, 0.3) is 0 Å². The highest BCUT2D eigenvalue weighted by molar-refractivity contribution is 5.87. The van der Waals surface area contributed by atoms with E-state index >= 15 is 0 Å². The van der Waals surface area contributed by atoms with Crippen molar-refractivity contribution in [3.05, 3.63) is 59.9 Å². The van der Waals surface area contributed by atoms with Crippen molar-refractivity contribution in [2.45, 2.75) is 0 Å². The van der Waals surface area contributed by atoms with E-state index in [-0.39, 0.29) is 5.76 Å². The molecule has 1 aromatic heterocycles. The molecule has 3 aromatic rings. The van der Waals surface area contributed by atoms with Gasteiger partial charge in [0.2, 0.25) is 5.76 Å². The first kappa shape index (κ1) is 12.0. The number of benzene rings is 2. The van der Waals surface area contributed by atoms with E-state index < -0.39 is 0 Å². The zero-order chi connectivity index (χ0) is 13.9. The molecule has 0 aliphatic rings. The molecule has 2 aromatic carbocycles. The van der Waals surface area contributed by atoms with Gasteiger partial charge in [-0.05, 0) is 24.3 Å². The van der Waals surface area contributed by atoms with Crippen molar-refractivity contribution >= 4 is 17.3 Å². The highest BCUT2D eigenvalue weighted by atomic mass is 16.5. The Morgan fingerprint density at radius 3 is 2.80 bits per heavy atom. The van der Waals surface area contributed by atoms with Gasteiger partial charge in [-0.1, -0.05) is 24.3 Å². The molecule has 0 N–H and O–H groups in total. The molecule has 0 unspecified atom stereocenters. The molecule has 4 nitrogen and oxygen atoms in total. The summed E-state index contributed by atoms with van der Waals surface area (Å²) in [7, 11) is 0. The Labute approximate surface area is 114 Å². The molecular weight excluding hydrogens is 254 g/mol. The molecule has 4 heteroatoms. The number of nitriles is 1. The number of aldehydes is 1. The summed E-state index contributed by atoms with van der Waals surface area (Å²) in [5.74, 6) is 0.964. The van der Waals surface area contributed by atoms with Crippen molar-refractivity contribution in [2.24, 2.45) is 0 Å². The molecule has 20 heavy (non-hydrogen) atoms. The maximum Gasteiger partial charge on any atom is 0.247 e. The van der Waals surface area contributed by atoms with E-state index in [1.165, 1.54) is 0 Å². The van der Waals surface area contributed by atoms with Crippen molar-refractivity contribution in [1.29, 1.82) is 5.26 Å². The fraction of sp³-hybridized carbons (Fsp3) is 0. The average Bonchev–Trinajstić information content (AvgIpc) is 2.85. The summed E-state index contributed by atoms with van der Waals surface area (Å²) in [5, 5.41) is 9.84. The van der Waals surface area contributed by atoms with Gasteiger partial charge in [0.15, 0.2) is 5.75 Å². The third-order valence-electron chi connectivity index (χ3n) is 2.87. The molecule has 3 rings (SSSR count). The lowest BCUT2D eigenvalue weighted by Gasteiger charge is -2.04. The molecule has 0 aliphatic heterocycles. The number of furan rings is 1. The number of para-hydroxylation sites is 1. The fourth-order valence-corrected chi connectivity index (χ4v) is 1.97. The molecule has 0 amide bonds. The van der Waals surface area contributed by atoms with Crippen LogP contribution in [-0.4, -0.2) is 6.29 Å². The van der Waals surface area contributed by atoms with Gasteiger partial charge >= 0.3 is 0 Å². The normalized spacial score (nSPS) is 10.2. The Morgan fingerprint density at radius 1 is 1.15 bits per heavy atom. The van der Waals surface area contributed by atoms with E-state index in [9.17, 15) is 4.79 Å². The summed E-state index contributed by atoms with van der Waals surface area (Å²) in [4.78, 5) is 10.8. The van der Waals surface area contributed by atoms with Crippen LogP contribution in [0.5, 0.6) is 11.5 Å². The molecular formula is C16H9NO3. The average molecular weight is 263 g/mol. The third kappa shape index (κ3) is 2.02. The second kappa shape index (κ2) is 4.90. The van der Waals surface area contributed by atoms with Crippen molar-refractivity contribution < 1.29 is 13.9 Å². The zero-order valence-corrected chi connectivity index (χ0v) is 10.4. The van der Waals surface area contributed by atoms with Gasteiger partial charge < -0.3 is 9.15 Å². The Morgan fingerprint density at radius 2 is 2.00 bits per heavy atom. The van der Waals surface area contributed by atoms with Crippen LogP contribution in [0.3, 0.4) is 0 Å². The van der Waals surface area contributed by atoms with Crippen LogP contribution in [0.1, 0.15) is 16.1 Å². The first-order valence-corrected chi connectivity index (χ1v) is 5.96. The number of hydrogen-bond donors (Lipinski definition) is 0. The lowest BCUT2D eigenvalue weighted by Crippen LogP contribution is -1.87. The maximum atomic E-state index is 10.8. The molecule has 1 heterocycles. The summed E-state index contributed by atoms with van der Waals surface area (Å²) < 4.78 is 11.1. The van der Waals surface area contributed by atoms with Gasteiger partial charge in [-0.3, -0.25) is 4.79 Å². The SMILES string of the molecule is N#Cc1oc2ccccc2c1Oc1cccc(C=O)c1. The third-order valence-corrected chi connectivity index (χ3v) is 2.87. The number of hydrogen-bond acceptors (Lipinski definition) is 4. The minimum Gasteiger partial charge on any atom is -0.452 e. The molecule has 0 fully saturated rings. The van der Waals surface area contributed by atoms with Gasteiger partial charge in [-0.2, -0.15) is 5.26 Å². The summed E-state index contributed by atoms with van der Waals surface area (Å²) in [6.45, 7) is 0. The van der Waals surface area contributed by atoms with Crippen LogP contribution >= 0.6 is 0 Å². The van der Waals surface area contributed by atoms with Crippen LogP contribution in [-0.2, 0) is 0 Å². The number of nitrogens with zero attached hydrogens (tertiary/aromatic N) is 1. The van der Waals surface area contributed by atoms with Gasteiger partial charge in [-0.25, -0.2) is 0 Å². The second-order valence-electron chi connectivity index (χ2n) is 4.16. The highest BCUT2D eigenvalue weighted by Crippen LogP contribution is 2.35. The van der Waals surface area contributed by atoms with E-state index in [0.717, 1.165) is 11.7 Å². The summed E-state index contributed by atoms with van der Waals surface area (Å²) in [6, 6.07) is 15.9. The van der Waals surface area contributed by atoms with Crippen LogP contribution in [0.15, 0.2) is 52.9 Å². The zero-order valence-electron chi connectivity index (χ0n) is 10.4. The molecule has 0 radical (unpaired) electrons. The number of ether oxygens (including phenoxy) is 1. The van der Waals surface area contributed by atoms with E-state index in [0.29, 0.717) is 22.6 Å². The monoisotopic (exact) mass is 263 g/mol. The maximum absolute atomic E-state index is 10.8. The summed E-state index contributed by atoms with van der Waals surface area (Å²) in [5.41, 5.74) is 1.10. The first-order valence-electron chi connectivity index (χ1n) is 5.96. The standard InChI is InChI=1S/C16H9NO3/c17-9-15-16(13-6-1-2-7-14(13)20-15)19-12-5-3-4-11(8-12)10-18/h1-8,10H. The van der Waals surface area contributed by atoms with Crippen LogP contribution in [0.2, 0.25) is 0 Å². The summed E-state index contributed by atoms with van der Waals surface area (Å²) >= 11 is 0. The largest absolute Gasteiger partial charge is 0.452 e. The Hall–Kier alpha value is -3.06. The Balaban J connectivity index is 2.10. The Bertz CT molecular complexity index is 827. The topological polar surface area (TPSA) is 63.2 Å². The first-order chi connectivity index (χ1) is 9.81. The van der Waals surface area contributed by atoms with Crippen molar-refractivity contribution in [1.82, 2.24) is 0 Å². The van der Waals surface area contributed by atoms with Crippen molar-refractivity contribution in [3.63, 3.8) is 0 Å². The van der Waals surface area contributed by atoms with Gasteiger partial charge in [0.05, 0.1) is 5.39 Å². The molecule has 0 saturated carbocycles. The van der Waals surface area contributed by atoms with Gasteiger partial charge in [0, 0.05) is 5.56 Å². The molecule has 0 saturated heterocycles. The lowest BCUT2D eigenvalue weighted by molar-refractivity contribution is 0.112.